The van der Waals surface area contributed by atoms with Crippen LogP contribution in [0.4, 0.5) is 0 Å². The van der Waals surface area contributed by atoms with Crippen LogP contribution in [0.25, 0.3) is 0 Å². The van der Waals surface area contributed by atoms with Crippen molar-refractivity contribution in [1.29, 1.82) is 0 Å². The Labute approximate surface area is 62.0 Å². The number of carbonyl (C=O) groups excluding carboxylic acids is 1. The molecule has 0 saturated heterocycles. The molecule has 0 fully saturated rings. The molecule has 0 spiro atoms. The molecular formula is C5H7NO5. The van der Waals surface area contributed by atoms with E-state index in [1.165, 1.54) is 0 Å². The van der Waals surface area contributed by atoms with Gasteiger partial charge in [0, 0.05) is 17.8 Å². The van der Waals surface area contributed by atoms with Gasteiger partial charge in [-0.1, -0.05) is 0 Å². The van der Waals surface area contributed by atoms with Crippen molar-refractivity contribution in [3.63, 3.8) is 0 Å². The standard InChI is InChI=1S/C5H7NO5/c7-4(5(8)9)2-1-3-6(10)11/h1-3H2,(H,8,9). The van der Waals surface area contributed by atoms with Gasteiger partial charge in [-0.15, -0.1) is 0 Å². The quantitative estimate of drug-likeness (QED) is 0.339. The van der Waals surface area contributed by atoms with Crippen molar-refractivity contribution in [2.24, 2.45) is 0 Å². The number of Topliss-reactive ketones (excluding diaryl/α,β-unsaturated/α-hetero) is 1. The molecule has 0 unspecified atom stereocenters. The number of nitro groups is 1. The molecule has 62 valence electrons. The maximum absolute atomic E-state index is 10.3. The zero-order chi connectivity index (χ0) is 8.85. The van der Waals surface area contributed by atoms with Crippen LogP contribution >= 0.6 is 0 Å². The van der Waals surface area contributed by atoms with Gasteiger partial charge in [-0.2, -0.15) is 0 Å². The summed E-state index contributed by atoms with van der Waals surface area (Å²) in [5.74, 6) is -2.51. The Morgan fingerprint density at radius 1 is 1.45 bits per heavy atom. The normalized spacial score (nSPS) is 9.09. The molecule has 0 saturated carbocycles. The Bertz CT molecular complexity index is 187. The largest absolute Gasteiger partial charge is 0.476 e. The van der Waals surface area contributed by atoms with Crippen LogP contribution in [0.3, 0.4) is 0 Å². The Morgan fingerprint density at radius 2 is 2.00 bits per heavy atom. The fraction of sp³-hybridized carbons (Fsp3) is 0.600. The van der Waals surface area contributed by atoms with Crippen LogP contribution in [0.15, 0.2) is 0 Å². The molecule has 6 heteroatoms. The lowest BCUT2D eigenvalue weighted by atomic mass is 10.2. The van der Waals surface area contributed by atoms with Crippen molar-refractivity contribution in [1.82, 2.24) is 0 Å². The molecule has 0 aromatic heterocycles. The number of carboxylic acid groups (broad SMARTS) is 1. The minimum atomic E-state index is -1.53. The van der Waals surface area contributed by atoms with Gasteiger partial charge in [-0.25, -0.2) is 4.79 Å². The maximum atomic E-state index is 10.3. The second-order valence-corrected chi connectivity index (χ2v) is 1.89. The van der Waals surface area contributed by atoms with E-state index in [2.05, 4.69) is 0 Å². The number of carboxylic acids is 1. The molecule has 6 nitrogen and oxygen atoms in total. The van der Waals surface area contributed by atoms with Crippen LogP contribution in [0.5, 0.6) is 0 Å². The molecule has 0 aromatic carbocycles. The van der Waals surface area contributed by atoms with Crippen LogP contribution in [0.2, 0.25) is 0 Å². The highest BCUT2D eigenvalue weighted by Crippen LogP contribution is 1.90. The predicted molar refractivity (Wildman–Crippen MR) is 33.7 cm³/mol. The second-order valence-electron chi connectivity index (χ2n) is 1.89. The summed E-state index contributed by atoms with van der Waals surface area (Å²) >= 11 is 0. The van der Waals surface area contributed by atoms with Gasteiger partial charge in [0.1, 0.15) is 0 Å². The summed E-state index contributed by atoms with van der Waals surface area (Å²) in [5.41, 5.74) is 0. The average molecular weight is 161 g/mol. The first-order valence-corrected chi connectivity index (χ1v) is 2.92. The van der Waals surface area contributed by atoms with E-state index in [1.807, 2.05) is 0 Å². The van der Waals surface area contributed by atoms with Gasteiger partial charge in [0.25, 0.3) is 0 Å². The van der Waals surface area contributed by atoms with Crippen LogP contribution in [0.1, 0.15) is 12.8 Å². The lowest BCUT2D eigenvalue weighted by molar-refractivity contribution is -0.480. The van der Waals surface area contributed by atoms with E-state index in [1.54, 1.807) is 0 Å². The number of ketones is 1. The summed E-state index contributed by atoms with van der Waals surface area (Å²) in [7, 11) is 0. The fourth-order valence-corrected chi connectivity index (χ4v) is 0.476. The van der Waals surface area contributed by atoms with Gasteiger partial charge in [-0.05, 0) is 0 Å². The molecule has 0 aliphatic rings. The molecule has 0 aliphatic carbocycles. The van der Waals surface area contributed by atoms with E-state index in [9.17, 15) is 19.7 Å². The smallest absolute Gasteiger partial charge is 0.372 e. The first-order valence-electron chi connectivity index (χ1n) is 2.92. The van der Waals surface area contributed by atoms with E-state index in [0.717, 1.165) is 0 Å². The van der Waals surface area contributed by atoms with E-state index < -0.39 is 16.7 Å². The Hall–Kier alpha value is -1.46. The van der Waals surface area contributed by atoms with Gasteiger partial charge in [0.05, 0.1) is 0 Å². The topological polar surface area (TPSA) is 97.5 Å². The fourth-order valence-electron chi connectivity index (χ4n) is 0.476. The summed E-state index contributed by atoms with van der Waals surface area (Å²) in [6.07, 6.45) is -0.283. The maximum Gasteiger partial charge on any atom is 0.372 e. The summed E-state index contributed by atoms with van der Waals surface area (Å²) in [4.78, 5) is 29.3. The summed E-state index contributed by atoms with van der Waals surface area (Å²) < 4.78 is 0. The summed E-state index contributed by atoms with van der Waals surface area (Å²) in [5, 5.41) is 17.7. The minimum Gasteiger partial charge on any atom is -0.476 e. The highest BCUT2D eigenvalue weighted by Gasteiger charge is 2.11. The van der Waals surface area contributed by atoms with Gasteiger partial charge in [0.2, 0.25) is 12.3 Å². The third-order valence-corrected chi connectivity index (χ3v) is 0.983. The van der Waals surface area contributed by atoms with Gasteiger partial charge < -0.3 is 5.11 Å². The number of carbonyl (C=O) groups is 2. The third kappa shape index (κ3) is 5.01. The number of nitrogens with zero attached hydrogens (tertiary/aromatic N) is 1. The molecule has 1 N–H and O–H groups in total. The van der Waals surface area contributed by atoms with E-state index >= 15 is 0 Å². The monoisotopic (exact) mass is 161 g/mol. The van der Waals surface area contributed by atoms with Crippen molar-refractivity contribution in [3.8, 4) is 0 Å². The third-order valence-electron chi connectivity index (χ3n) is 0.983. The Kier molecular flexibility index (Phi) is 3.79. The number of hydrogen-bond acceptors (Lipinski definition) is 4. The van der Waals surface area contributed by atoms with Crippen LogP contribution in [-0.2, 0) is 9.59 Å². The molecule has 11 heavy (non-hydrogen) atoms. The van der Waals surface area contributed by atoms with E-state index in [4.69, 9.17) is 5.11 Å². The zero-order valence-electron chi connectivity index (χ0n) is 5.65. The van der Waals surface area contributed by atoms with Crippen molar-refractivity contribution >= 4 is 11.8 Å². The zero-order valence-corrected chi connectivity index (χ0v) is 5.65. The van der Waals surface area contributed by atoms with E-state index in [-0.39, 0.29) is 19.4 Å². The van der Waals surface area contributed by atoms with Gasteiger partial charge >= 0.3 is 5.97 Å². The molecule has 0 heterocycles. The molecule has 0 amide bonds. The van der Waals surface area contributed by atoms with Crippen molar-refractivity contribution in [3.05, 3.63) is 10.1 Å². The predicted octanol–water partition coefficient (Wildman–Crippen LogP) is -0.303. The highest BCUT2D eigenvalue weighted by molar-refractivity contribution is 6.32. The lowest BCUT2D eigenvalue weighted by Gasteiger charge is -1.90. The Morgan fingerprint density at radius 3 is 2.36 bits per heavy atom. The van der Waals surface area contributed by atoms with Crippen LogP contribution in [0, 0.1) is 10.1 Å². The number of rotatable bonds is 5. The Balaban J connectivity index is 3.47. The van der Waals surface area contributed by atoms with Crippen molar-refractivity contribution in [2.45, 2.75) is 12.8 Å². The van der Waals surface area contributed by atoms with Crippen LogP contribution in [-0.4, -0.2) is 28.3 Å². The van der Waals surface area contributed by atoms with Crippen molar-refractivity contribution < 1.29 is 19.6 Å². The SMILES string of the molecule is O=C(O)C(=O)CCC[N+](=O)[O-]. The van der Waals surface area contributed by atoms with Crippen LogP contribution < -0.4 is 0 Å². The second kappa shape index (κ2) is 4.37. The average Bonchev–Trinajstić information content (AvgIpc) is 1.86. The molecule has 0 aliphatic heterocycles. The molecule has 0 bridgehead atoms. The van der Waals surface area contributed by atoms with Gasteiger partial charge in [-0.3, -0.25) is 14.9 Å². The summed E-state index contributed by atoms with van der Waals surface area (Å²) in [6, 6.07) is 0. The molecule has 0 rings (SSSR count). The van der Waals surface area contributed by atoms with E-state index in [0.29, 0.717) is 0 Å². The minimum absolute atomic E-state index is 0.0157. The van der Waals surface area contributed by atoms with Crippen molar-refractivity contribution in [2.75, 3.05) is 6.54 Å². The first-order chi connectivity index (χ1) is 5.04. The molecular weight excluding hydrogens is 154 g/mol. The number of aliphatic carboxylic acids is 1. The summed E-state index contributed by atoms with van der Waals surface area (Å²) in [6.45, 7) is -0.362. The van der Waals surface area contributed by atoms with Gasteiger partial charge in [0.15, 0.2) is 0 Å². The first kappa shape index (κ1) is 9.54. The molecule has 0 radical (unpaired) electrons. The molecule has 0 aromatic rings. The number of hydrogen-bond donors (Lipinski definition) is 1. The lowest BCUT2D eigenvalue weighted by Crippen LogP contribution is -2.13. The molecule has 0 atom stereocenters. The highest BCUT2D eigenvalue weighted by atomic mass is 16.6.